The lowest BCUT2D eigenvalue weighted by molar-refractivity contribution is 0.354. The van der Waals surface area contributed by atoms with Crippen molar-refractivity contribution in [1.29, 1.82) is 0 Å². The summed E-state index contributed by atoms with van der Waals surface area (Å²) in [5.74, 6) is 0.866. The summed E-state index contributed by atoms with van der Waals surface area (Å²) in [5.41, 5.74) is 2.46. The van der Waals surface area contributed by atoms with Gasteiger partial charge in [-0.1, -0.05) is 24.3 Å². The van der Waals surface area contributed by atoms with Gasteiger partial charge in [0.05, 0.1) is 25.2 Å². The van der Waals surface area contributed by atoms with Crippen LogP contribution in [0.3, 0.4) is 0 Å². The number of para-hydroxylation sites is 1. The first-order chi connectivity index (χ1) is 14.5. The molecule has 2 aromatic carbocycles. The van der Waals surface area contributed by atoms with Crippen LogP contribution < -0.4 is 19.1 Å². The van der Waals surface area contributed by atoms with Gasteiger partial charge in [-0.2, -0.15) is 0 Å². The van der Waals surface area contributed by atoms with E-state index in [1.165, 1.54) is 37.6 Å². The molecular formula is C22H24N2O4S2. The van der Waals surface area contributed by atoms with Crippen molar-refractivity contribution in [2.45, 2.75) is 17.4 Å². The quantitative estimate of drug-likeness (QED) is 0.572. The highest BCUT2D eigenvalue weighted by Gasteiger charge is 2.29. The van der Waals surface area contributed by atoms with Gasteiger partial charge in [-0.3, -0.25) is 0 Å². The van der Waals surface area contributed by atoms with Gasteiger partial charge in [0.1, 0.15) is 0 Å². The van der Waals surface area contributed by atoms with Crippen molar-refractivity contribution in [3.63, 3.8) is 0 Å². The number of sulfonamides is 1. The van der Waals surface area contributed by atoms with Crippen LogP contribution in [0.2, 0.25) is 0 Å². The minimum absolute atomic E-state index is 0.0800. The van der Waals surface area contributed by atoms with E-state index in [1.54, 1.807) is 17.4 Å². The summed E-state index contributed by atoms with van der Waals surface area (Å²) in [4.78, 5) is 3.56. The van der Waals surface area contributed by atoms with Crippen molar-refractivity contribution in [1.82, 2.24) is 4.72 Å². The summed E-state index contributed by atoms with van der Waals surface area (Å²) >= 11 is 1.64. The number of hydrogen-bond donors (Lipinski definition) is 1. The third-order valence-corrected chi connectivity index (χ3v) is 7.70. The number of rotatable bonds is 8. The standard InChI is InChI=1S/C22H24N2O4S2/c1-27-20-10-9-17(14-21(20)28-2)30(25,26)23-15-19(22-8-5-13-29-22)24-12-11-16-6-3-4-7-18(16)24/h3-10,13-14,19,23H,11-12,15H2,1-2H3/t19-/m0/s1. The molecule has 6 nitrogen and oxygen atoms in total. The van der Waals surface area contributed by atoms with Gasteiger partial charge in [0.15, 0.2) is 11.5 Å². The molecule has 0 aliphatic carbocycles. The minimum atomic E-state index is -3.72. The fourth-order valence-corrected chi connectivity index (χ4v) is 5.68. The van der Waals surface area contributed by atoms with Crippen LogP contribution in [0, 0.1) is 0 Å². The van der Waals surface area contributed by atoms with Crippen molar-refractivity contribution in [2.75, 3.05) is 32.2 Å². The van der Waals surface area contributed by atoms with Gasteiger partial charge in [0, 0.05) is 29.7 Å². The Hall–Kier alpha value is -2.55. The van der Waals surface area contributed by atoms with Crippen LogP contribution in [0.1, 0.15) is 16.5 Å². The van der Waals surface area contributed by atoms with Gasteiger partial charge < -0.3 is 14.4 Å². The van der Waals surface area contributed by atoms with E-state index >= 15 is 0 Å². The minimum Gasteiger partial charge on any atom is -0.493 e. The number of nitrogens with zero attached hydrogens (tertiary/aromatic N) is 1. The highest BCUT2D eigenvalue weighted by atomic mass is 32.2. The summed E-state index contributed by atoms with van der Waals surface area (Å²) < 4.78 is 39.3. The summed E-state index contributed by atoms with van der Waals surface area (Å²) in [6.45, 7) is 1.13. The Labute approximate surface area is 181 Å². The molecule has 1 aliphatic heterocycles. The summed E-state index contributed by atoms with van der Waals surface area (Å²) in [5, 5.41) is 2.02. The van der Waals surface area contributed by atoms with Crippen molar-refractivity contribution < 1.29 is 17.9 Å². The molecule has 0 saturated heterocycles. The van der Waals surface area contributed by atoms with Gasteiger partial charge in [0.25, 0.3) is 0 Å². The van der Waals surface area contributed by atoms with Crippen LogP contribution in [0.15, 0.2) is 64.9 Å². The fraction of sp³-hybridized carbons (Fsp3) is 0.273. The molecule has 1 aromatic heterocycles. The first kappa shape index (κ1) is 20.7. The normalized spacial score (nSPS) is 14.4. The number of hydrogen-bond acceptors (Lipinski definition) is 6. The highest BCUT2D eigenvalue weighted by Crippen LogP contribution is 2.36. The molecule has 1 atom stereocenters. The maximum atomic E-state index is 13.0. The van der Waals surface area contributed by atoms with E-state index in [-0.39, 0.29) is 17.5 Å². The average molecular weight is 445 g/mol. The molecule has 1 N–H and O–H groups in total. The predicted octanol–water partition coefficient (Wildman–Crippen LogP) is 3.85. The number of anilines is 1. The van der Waals surface area contributed by atoms with Gasteiger partial charge in [-0.05, 0) is 41.6 Å². The van der Waals surface area contributed by atoms with Gasteiger partial charge >= 0.3 is 0 Å². The molecule has 4 rings (SSSR count). The number of nitrogens with one attached hydrogen (secondary N) is 1. The van der Waals surface area contributed by atoms with E-state index in [4.69, 9.17) is 9.47 Å². The van der Waals surface area contributed by atoms with E-state index in [9.17, 15) is 8.42 Å². The van der Waals surface area contributed by atoms with Gasteiger partial charge in [0.2, 0.25) is 10.0 Å². The average Bonchev–Trinajstić information content (AvgIpc) is 3.44. The van der Waals surface area contributed by atoms with E-state index in [1.807, 2.05) is 23.6 Å². The lowest BCUT2D eigenvalue weighted by Crippen LogP contribution is -2.37. The maximum Gasteiger partial charge on any atom is 0.240 e. The molecule has 1 aliphatic rings. The number of methoxy groups -OCH3 is 2. The Morgan fingerprint density at radius 3 is 2.60 bits per heavy atom. The molecule has 0 fully saturated rings. The van der Waals surface area contributed by atoms with Crippen LogP contribution in [0.5, 0.6) is 11.5 Å². The monoisotopic (exact) mass is 444 g/mol. The van der Waals surface area contributed by atoms with Crippen LogP contribution in [0.4, 0.5) is 5.69 Å². The van der Waals surface area contributed by atoms with Crippen molar-refractivity contribution >= 4 is 27.0 Å². The number of fused-ring (bicyclic) bond motifs is 1. The van der Waals surface area contributed by atoms with Crippen LogP contribution >= 0.6 is 11.3 Å². The predicted molar refractivity (Wildman–Crippen MR) is 119 cm³/mol. The smallest absolute Gasteiger partial charge is 0.240 e. The second kappa shape index (κ2) is 8.67. The van der Waals surface area contributed by atoms with Crippen molar-refractivity contribution in [2.24, 2.45) is 0 Å². The lowest BCUT2D eigenvalue weighted by Gasteiger charge is -2.30. The molecule has 2 heterocycles. The Morgan fingerprint density at radius 2 is 1.87 bits per heavy atom. The molecule has 0 saturated carbocycles. The van der Waals surface area contributed by atoms with E-state index < -0.39 is 10.0 Å². The van der Waals surface area contributed by atoms with Crippen molar-refractivity contribution in [3.05, 3.63) is 70.4 Å². The number of thiophene rings is 1. The molecule has 0 unspecified atom stereocenters. The van der Waals surface area contributed by atoms with Crippen LogP contribution in [-0.4, -0.2) is 35.7 Å². The van der Waals surface area contributed by atoms with Crippen molar-refractivity contribution in [3.8, 4) is 11.5 Å². The molecular weight excluding hydrogens is 420 g/mol. The van der Waals surface area contributed by atoms with E-state index in [0.29, 0.717) is 11.5 Å². The molecule has 8 heteroatoms. The zero-order valence-corrected chi connectivity index (χ0v) is 18.5. The topological polar surface area (TPSA) is 67.9 Å². The summed E-state index contributed by atoms with van der Waals surface area (Å²) in [7, 11) is -0.715. The molecule has 30 heavy (non-hydrogen) atoms. The largest absolute Gasteiger partial charge is 0.493 e. The zero-order chi connectivity index (χ0) is 21.1. The SMILES string of the molecule is COc1ccc(S(=O)(=O)NC[C@@H](c2cccs2)N2CCc3ccccc32)cc1OC. The second-order valence-electron chi connectivity index (χ2n) is 6.97. The first-order valence-corrected chi connectivity index (χ1v) is 12.0. The Kier molecular flexibility index (Phi) is 5.99. The maximum absolute atomic E-state index is 13.0. The van der Waals surface area contributed by atoms with Gasteiger partial charge in [-0.15, -0.1) is 11.3 Å². The number of benzene rings is 2. The fourth-order valence-electron chi connectivity index (χ4n) is 3.79. The van der Waals surface area contributed by atoms with Crippen LogP contribution in [0.25, 0.3) is 0 Å². The Bertz CT molecular complexity index is 1110. The Balaban J connectivity index is 1.59. The molecule has 0 bridgehead atoms. The third-order valence-electron chi connectivity index (χ3n) is 5.30. The lowest BCUT2D eigenvalue weighted by atomic mass is 10.1. The van der Waals surface area contributed by atoms with E-state index in [0.717, 1.165) is 17.8 Å². The summed E-state index contributed by atoms with van der Waals surface area (Å²) in [6.07, 6.45) is 0.959. The molecule has 0 radical (unpaired) electrons. The molecule has 0 amide bonds. The highest BCUT2D eigenvalue weighted by molar-refractivity contribution is 7.89. The second-order valence-corrected chi connectivity index (χ2v) is 9.72. The zero-order valence-electron chi connectivity index (χ0n) is 16.9. The molecule has 0 spiro atoms. The van der Waals surface area contributed by atoms with Gasteiger partial charge in [-0.25, -0.2) is 13.1 Å². The Morgan fingerprint density at radius 1 is 1.07 bits per heavy atom. The summed E-state index contributed by atoms with van der Waals surface area (Å²) in [6, 6.07) is 16.9. The molecule has 158 valence electrons. The molecule has 3 aromatic rings. The van der Waals surface area contributed by atoms with E-state index in [2.05, 4.69) is 27.8 Å². The third kappa shape index (κ3) is 4.03. The number of ether oxygens (including phenoxy) is 2. The first-order valence-electron chi connectivity index (χ1n) is 9.63. The van der Waals surface area contributed by atoms with Crippen LogP contribution in [-0.2, 0) is 16.4 Å².